The number of carboxylic acid groups (broad SMARTS) is 1. The van der Waals surface area contributed by atoms with Crippen LogP contribution in [-0.4, -0.2) is 59.2 Å². The number of thiazole rings is 1. The third kappa shape index (κ3) is 4.96. The zero-order valence-corrected chi connectivity index (χ0v) is 24.7. The summed E-state index contributed by atoms with van der Waals surface area (Å²) >= 11 is 7.88. The van der Waals surface area contributed by atoms with Gasteiger partial charge in [0.1, 0.15) is 34.6 Å². The number of fused-ring (bicyclic) bond motifs is 3. The zero-order valence-electron chi connectivity index (χ0n) is 23.1. The summed E-state index contributed by atoms with van der Waals surface area (Å²) in [7, 11) is 0. The number of rotatable bonds is 9. The Morgan fingerprint density at radius 1 is 1.23 bits per heavy atom. The fraction of sp³-hybridized carbons (Fsp3) is 0.452. The van der Waals surface area contributed by atoms with E-state index in [0.717, 1.165) is 59.8 Å². The molecule has 2 saturated heterocycles. The second-order valence-electron chi connectivity index (χ2n) is 11.9. The lowest BCUT2D eigenvalue weighted by atomic mass is 10.0. The summed E-state index contributed by atoms with van der Waals surface area (Å²) in [5.41, 5.74) is 2.33. The van der Waals surface area contributed by atoms with Gasteiger partial charge in [0.2, 0.25) is 0 Å². The van der Waals surface area contributed by atoms with Gasteiger partial charge in [-0.3, -0.25) is 0 Å². The number of aromatic nitrogens is 2. The highest BCUT2D eigenvalue weighted by molar-refractivity contribution is 7.22. The van der Waals surface area contributed by atoms with Crippen molar-refractivity contribution < 1.29 is 33.0 Å². The van der Waals surface area contributed by atoms with Gasteiger partial charge in [-0.2, -0.15) is 0 Å². The van der Waals surface area contributed by atoms with Gasteiger partial charge in [-0.15, -0.1) is 0 Å². The number of hydrogen-bond acceptors (Lipinski definition) is 9. The molecule has 4 aliphatic rings. The summed E-state index contributed by atoms with van der Waals surface area (Å²) in [5, 5.41) is 15.1. The lowest BCUT2D eigenvalue weighted by Crippen LogP contribution is -2.38. The van der Waals surface area contributed by atoms with E-state index in [2.05, 4.69) is 10.1 Å². The number of hydrogen-bond donors (Lipinski definition) is 1. The van der Waals surface area contributed by atoms with Crippen molar-refractivity contribution in [2.24, 2.45) is 5.92 Å². The van der Waals surface area contributed by atoms with Crippen LogP contribution in [0.3, 0.4) is 0 Å². The maximum absolute atomic E-state index is 14.8. The molecule has 0 amide bonds. The number of benzene rings is 2. The smallest absolute Gasteiger partial charge is 0.335 e. The van der Waals surface area contributed by atoms with E-state index >= 15 is 0 Å². The van der Waals surface area contributed by atoms with Gasteiger partial charge >= 0.3 is 5.97 Å². The quantitative estimate of drug-likeness (QED) is 0.218. The standard InChI is InChI=1S/C31H29ClFN3O6S/c32-21-2-1-3-22(33)26(21)27-20(29(42-35-27)15-4-5-15)14-40-23-11-18-8-17(23)12-36(18)31-34-28-24(41-19-6-7-39-13-19)9-16(30(37)38)10-25(28)43-31/h1-3,9-10,15,17-19,23H,4-8,11-14H2,(H,37,38)/t17-,18-,19+,23+/m0/s1. The van der Waals surface area contributed by atoms with Crippen LogP contribution in [0.15, 0.2) is 34.9 Å². The van der Waals surface area contributed by atoms with Crippen LogP contribution in [-0.2, 0) is 16.1 Å². The molecule has 4 aromatic rings. The van der Waals surface area contributed by atoms with E-state index in [1.54, 1.807) is 24.3 Å². The van der Waals surface area contributed by atoms with E-state index in [1.165, 1.54) is 17.4 Å². The molecule has 9 nitrogen and oxygen atoms in total. The predicted molar refractivity (Wildman–Crippen MR) is 158 cm³/mol. The highest BCUT2D eigenvalue weighted by Crippen LogP contribution is 2.48. The monoisotopic (exact) mass is 625 g/mol. The van der Waals surface area contributed by atoms with Crippen LogP contribution >= 0.6 is 22.9 Å². The number of carbonyl (C=O) groups is 1. The number of halogens is 2. The normalized spacial score (nSPS) is 24.8. The molecule has 4 fully saturated rings. The molecule has 224 valence electrons. The zero-order chi connectivity index (χ0) is 29.2. The fourth-order valence-corrected chi connectivity index (χ4v) is 8.05. The van der Waals surface area contributed by atoms with E-state index in [9.17, 15) is 14.3 Å². The van der Waals surface area contributed by atoms with E-state index in [0.29, 0.717) is 41.1 Å². The van der Waals surface area contributed by atoms with Crippen molar-refractivity contribution in [3.8, 4) is 17.0 Å². The van der Waals surface area contributed by atoms with Crippen molar-refractivity contribution in [1.82, 2.24) is 10.1 Å². The first kappa shape index (κ1) is 27.3. The Bertz CT molecular complexity index is 1700. The molecule has 2 bridgehead atoms. The third-order valence-electron chi connectivity index (χ3n) is 9.01. The minimum absolute atomic E-state index is 0.0430. The average molecular weight is 626 g/mol. The summed E-state index contributed by atoms with van der Waals surface area (Å²) in [6, 6.07) is 8.11. The SMILES string of the molecule is O=C(O)c1cc(O[C@@H]2CCOC2)c2nc(N3C[C@@H]4C[C@H]3C[C@H]4OCc3c(-c4c(F)cccc4Cl)noc3C3CC3)sc2c1. The van der Waals surface area contributed by atoms with Gasteiger partial charge in [-0.1, -0.05) is 34.2 Å². The Morgan fingerprint density at radius 3 is 2.84 bits per heavy atom. The van der Waals surface area contributed by atoms with Gasteiger partial charge in [-0.25, -0.2) is 14.2 Å². The molecule has 1 N–H and O–H groups in total. The molecule has 2 aromatic carbocycles. The molecule has 0 radical (unpaired) electrons. The van der Waals surface area contributed by atoms with E-state index < -0.39 is 11.8 Å². The molecule has 4 atom stereocenters. The Labute approximate surface area is 255 Å². The van der Waals surface area contributed by atoms with Crippen LogP contribution in [0.2, 0.25) is 5.02 Å². The maximum atomic E-state index is 14.8. The summed E-state index contributed by atoms with van der Waals surface area (Å²) in [6.07, 6.45) is 4.55. The second kappa shape index (κ2) is 10.7. The number of nitrogens with zero attached hydrogens (tertiary/aromatic N) is 3. The highest BCUT2D eigenvalue weighted by atomic mass is 35.5. The van der Waals surface area contributed by atoms with Gasteiger partial charge in [0.05, 0.1) is 46.8 Å². The van der Waals surface area contributed by atoms with Gasteiger partial charge < -0.3 is 28.7 Å². The average Bonchev–Trinajstić information content (AvgIpc) is 3.48. The van der Waals surface area contributed by atoms with Crippen LogP contribution in [0.5, 0.6) is 5.75 Å². The van der Waals surface area contributed by atoms with Crippen molar-refractivity contribution >= 4 is 44.3 Å². The molecule has 12 heteroatoms. The first-order valence-electron chi connectivity index (χ1n) is 14.7. The number of ether oxygens (including phenoxy) is 3. The summed E-state index contributed by atoms with van der Waals surface area (Å²) in [4.78, 5) is 19.1. The first-order chi connectivity index (χ1) is 20.9. The van der Waals surface area contributed by atoms with Gasteiger partial charge in [-0.05, 0) is 49.9 Å². The lowest BCUT2D eigenvalue weighted by Gasteiger charge is -2.31. The fourth-order valence-electron chi connectivity index (χ4n) is 6.69. The maximum Gasteiger partial charge on any atom is 0.335 e. The molecule has 43 heavy (non-hydrogen) atoms. The van der Waals surface area contributed by atoms with Crippen LogP contribution in [0.4, 0.5) is 9.52 Å². The van der Waals surface area contributed by atoms with Crippen LogP contribution in [0.25, 0.3) is 21.5 Å². The molecule has 2 saturated carbocycles. The largest absolute Gasteiger partial charge is 0.486 e. The second-order valence-corrected chi connectivity index (χ2v) is 13.3. The highest BCUT2D eigenvalue weighted by Gasteiger charge is 2.47. The van der Waals surface area contributed by atoms with Crippen LogP contribution in [0.1, 0.15) is 59.7 Å². The van der Waals surface area contributed by atoms with Gasteiger partial charge in [0.15, 0.2) is 5.13 Å². The minimum Gasteiger partial charge on any atom is -0.486 e. The van der Waals surface area contributed by atoms with Crippen LogP contribution < -0.4 is 9.64 Å². The van der Waals surface area contributed by atoms with Crippen molar-refractivity contribution in [2.45, 2.75) is 62.9 Å². The molecule has 4 heterocycles. The number of anilines is 1. The Hall–Kier alpha value is -3.25. The van der Waals surface area contributed by atoms with Gasteiger partial charge in [0, 0.05) is 36.4 Å². The van der Waals surface area contributed by atoms with Crippen molar-refractivity contribution in [1.29, 1.82) is 0 Å². The molecule has 2 aromatic heterocycles. The summed E-state index contributed by atoms with van der Waals surface area (Å²) in [5.74, 6) is 0.430. The molecule has 2 aliphatic heterocycles. The summed E-state index contributed by atoms with van der Waals surface area (Å²) in [6.45, 7) is 2.19. The lowest BCUT2D eigenvalue weighted by molar-refractivity contribution is 0.0122. The number of piperidine rings is 1. The van der Waals surface area contributed by atoms with E-state index in [4.69, 9.17) is 35.3 Å². The Balaban J connectivity index is 1.00. The first-order valence-corrected chi connectivity index (χ1v) is 15.9. The van der Waals surface area contributed by atoms with E-state index in [-0.39, 0.29) is 41.9 Å². The van der Waals surface area contributed by atoms with E-state index in [1.807, 2.05) is 0 Å². The van der Waals surface area contributed by atoms with Crippen molar-refractivity contribution in [3.63, 3.8) is 0 Å². The molecule has 0 unspecified atom stereocenters. The predicted octanol–water partition coefficient (Wildman–Crippen LogP) is 6.67. The Morgan fingerprint density at radius 2 is 2.12 bits per heavy atom. The number of aromatic carboxylic acids is 1. The van der Waals surface area contributed by atoms with Crippen LogP contribution in [0, 0.1) is 11.7 Å². The number of carboxylic acids is 1. The minimum atomic E-state index is -0.998. The molecular weight excluding hydrogens is 597 g/mol. The topological polar surface area (TPSA) is 107 Å². The third-order valence-corrected chi connectivity index (χ3v) is 10.4. The van der Waals surface area contributed by atoms with Gasteiger partial charge in [0.25, 0.3) is 0 Å². The Kier molecular flexibility index (Phi) is 6.81. The molecule has 0 spiro atoms. The molecule has 2 aliphatic carbocycles. The van der Waals surface area contributed by atoms with Crippen molar-refractivity contribution in [3.05, 3.63) is 58.1 Å². The molecular formula is C31H29ClFN3O6S. The summed E-state index contributed by atoms with van der Waals surface area (Å²) < 4.78 is 39.4. The van der Waals surface area contributed by atoms with Crippen molar-refractivity contribution in [2.75, 3.05) is 24.7 Å². The molecule has 8 rings (SSSR count).